The Morgan fingerprint density at radius 1 is 1.36 bits per heavy atom. The summed E-state index contributed by atoms with van der Waals surface area (Å²) in [5.41, 5.74) is 0.857. The minimum absolute atomic E-state index is 0.0515. The summed E-state index contributed by atoms with van der Waals surface area (Å²) in [5, 5.41) is 7.80. The standard InChI is InChI=1S/C15H20N4O3/c1-10-9-12(18-21-10)13-5-4-8-19(13)15(20)7-3-6-14-16-11(2)17-22-14/h9,13H,3-8H2,1-2H3/t13-/m0/s1. The Morgan fingerprint density at radius 2 is 2.23 bits per heavy atom. The quantitative estimate of drug-likeness (QED) is 0.843. The van der Waals surface area contributed by atoms with Crippen molar-refractivity contribution in [1.82, 2.24) is 20.2 Å². The lowest BCUT2D eigenvalue weighted by Crippen LogP contribution is -2.30. The maximum Gasteiger partial charge on any atom is 0.226 e. The molecule has 1 fully saturated rings. The van der Waals surface area contributed by atoms with Gasteiger partial charge in [-0.25, -0.2) is 0 Å². The highest BCUT2D eigenvalue weighted by atomic mass is 16.5. The SMILES string of the molecule is Cc1noc(CCCC(=O)N2CCC[C@H]2c2cc(C)on2)n1. The summed E-state index contributed by atoms with van der Waals surface area (Å²) < 4.78 is 10.2. The van der Waals surface area contributed by atoms with Gasteiger partial charge >= 0.3 is 0 Å². The van der Waals surface area contributed by atoms with E-state index in [1.54, 1.807) is 6.92 Å². The van der Waals surface area contributed by atoms with Gasteiger partial charge in [0.05, 0.1) is 6.04 Å². The molecule has 0 unspecified atom stereocenters. The van der Waals surface area contributed by atoms with Gasteiger partial charge in [-0.3, -0.25) is 4.79 Å². The Kier molecular flexibility index (Phi) is 4.22. The van der Waals surface area contributed by atoms with Gasteiger partial charge in [0.15, 0.2) is 5.82 Å². The van der Waals surface area contributed by atoms with Gasteiger partial charge in [0.25, 0.3) is 0 Å². The molecule has 7 heteroatoms. The maximum absolute atomic E-state index is 12.4. The molecule has 0 radical (unpaired) electrons. The largest absolute Gasteiger partial charge is 0.361 e. The Bertz CT molecular complexity index is 649. The summed E-state index contributed by atoms with van der Waals surface area (Å²) >= 11 is 0. The predicted octanol–water partition coefficient (Wildman–Crippen LogP) is 2.36. The van der Waals surface area contributed by atoms with Crippen LogP contribution in [0.1, 0.15) is 54.9 Å². The number of carbonyl (C=O) groups is 1. The summed E-state index contributed by atoms with van der Waals surface area (Å²) in [6, 6.07) is 1.97. The number of hydrogen-bond donors (Lipinski definition) is 0. The molecule has 0 N–H and O–H groups in total. The number of rotatable bonds is 5. The highest BCUT2D eigenvalue weighted by Gasteiger charge is 2.31. The molecule has 0 aliphatic carbocycles. The molecule has 0 spiro atoms. The fraction of sp³-hybridized carbons (Fsp3) is 0.600. The first-order chi connectivity index (χ1) is 10.6. The molecule has 1 aliphatic rings. The van der Waals surface area contributed by atoms with Crippen molar-refractivity contribution in [2.24, 2.45) is 0 Å². The minimum atomic E-state index is 0.0515. The van der Waals surface area contributed by atoms with Gasteiger partial charge in [0, 0.05) is 25.5 Å². The number of aryl methyl sites for hydroxylation is 3. The fourth-order valence-electron chi connectivity index (χ4n) is 2.89. The molecule has 1 amide bonds. The number of aromatic nitrogens is 3. The summed E-state index contributed by atoms with van der Waals surface area (Å²) in [6.45, 7) is 4.44. The van der Waals surface area contributed by atoms with Crippen molar-refractivity contribution in [3.8, 4) is 0 Å². The fourth-order valence-corrected chi connectivity index (χ4v) is 2.89. The molecule has 2 aromatic heterocycles. The van der Waals surface area contributed by atoms with E-state index in [2.05, 4.69) is 15.3 Å². The van der Waals surface area contributed by atoms with Crippen LogP contribution < -0.4 is 0 Å². The summed E-state index contributed by atoms with van der Waals surface area (Å²) in [7, 11) is 0. The van der Waals surface area contributed by atoms with Crippen molar-refractivity contribution >= 4 is 5.91 Å². The van der Waals surface area contributed by atoms with E-state index >= 15 is 0 Å². The van der Waals surface area contributed by atoms with Crippen LogP contribution in [0.5, 0.6) is 0 Å². The average molecular weight is 304 g/mol. The zero-order chi connectivity index (χ0) is 15.5. The zero-order valence-corrected chi connectivity index (χ0v) is 12.9. The third-order valence-corrected chi connectivity index (χ3v) is 3.91. The van der Waals surface area contributed by atoms with Crippen LogP contribution in [0.4, 0.5) is 0 Å². The van der Waals surface area contributed by atoms with Crippen LogP contribution >= 0.6 is 0 Å². The van der Waals surface area contributed by atoms with Crippen molar-refractivity contribution in [2.45, 2.75) is 52.0 Å². The normalized spacial score (nSPS) is 18.1. The monoisotopic (exact) mass is 304 g/mol. The lowest BCUT2D eigenvalue weighted by Gasteiger charge is -2.22. The van der Waals surface area contributed by atoms with Crippen molar-refractivity contribution in [1.29, 1.82) is 0 Å². The molecule has 118 valence electrons. The average Bonchev–Trinajstić information content (AvgIpc) is 3.19. The molecule has 7 nitrogen and oxygen atoms in total. The van der Waals surface area contributed by atoms with Gasteiger partial charge in [-0.05, 0) is 33.1 Å². The van der Waals surface area contributed by atoms with Gasteiger partial charge < -0.3 is 13.9 Å². The Hall–Kier alpha value is -2.18. The number of carbonyl (C=O) groups excluding carboxylic acids is 1. The van der Waals surface area contributed by atoms with Crippen LogP contribution in [0, 0.1) is 13.8 Å². The van der Waals surface area contributed by atoms with Crippen LogP contribution in [0.25, 0.3) is 0 Å². The molecule has 0 saturated carbocycles. The van der Waals surface area contributed by atoms with Crippen LogP contribution in [0.2, 0.25) is 0 Å². The van der Waals surface area contributed by atoms with Crippen molar-refractivity contribution in [2.75, 3.05) is 6.54 Å². The predicted molar refractivity (Wildman–Crippen MR) is 76.9 cm³/mol. The van der Waals surface area contributed by atoms with Crippen LogP contribution in [0.3, 0.4) is 0 Å². The Morgan fingerprint density at radius 3 is 2.91 bits per heavy atom. The molecule has 0 aromatic carbocycles. The summed E-state index contributed by atoms with van der Waals surface area (Å²) in [6.07, 6.45) is 3.77. The third-order valence-electron chi connectivity index (χ3n) is 3.91. The van der Waals surface area contributed by atoms with Crippen molar-refractivity contribution in [3.05, 3.63) is 29.2 Å². The van der Waals surface area contributed by atoms with E-state index in [1.165, 1.54) is 0 Å². The van der Waals surface area contributed by atoms with Crippen LogP contribution in [-0.2, 0) is 11.2 Å². The van der Waals surface area contributed by atoms with E-state index < -0.39 is 0 Å². The van der Waals surface area contributed by atoms with Gasteiger partial charge in [-0.1, -0.05) is 10.3 Å². The van der Waals surface area contributed by atoms with Crippen LogP contribution in [0.15, 0.2) is 15.1 Å². The smallest absolute Gasteiger partial charge is 0.226 e. The molecule has 1 saturated heterocycles. The highest BCUT2D eigenvalue weighted by Crippen LogP contribution is 2.32. The molecule has 3 rings (SSSR count). The molecule has 22 heavy (non-hydrogen) atoms. The molecule has 3 heterocycles. The second kappa shape index (κ2) is 6.29. The number of amides is 1. The first kappa shape index (κ1) is 14.7. The van der Waals surface area contributed by atoms with Gasteiger partial charge in [0.1, 0.15) is 11.5 Å². The molecule has 1 aliphatic heterocycles. The number of nitrogens with zero attached hydrogens (tertiary/aromatic N) is 4. The van der Waals surface area contributed by atoms with E-state index in [1.807, 2.05) is 17.9 Å². The molecule has 2 aromatic rings. The van der Waals surface area contributed by atoms with E-state index in [0.717, 1.165) is 30.8 Å². The van der Waals surface area contributed by atoms with Crippen molar-refractivity contribution in [3.63, 3.8) is 0 Å². The van der Waals surface area contributed by atoms with Crippen molar-refractivity contribution < 1.29 is 13.8 Å². The number of hydrogen-bond acceptors (Lipinski definition) is 6. The molecule has 0 bridgehead atoms. The lowest BCUT2D eigenvalue weighted by atomic mass is 10.1. The summed E-state index contributed by atoms with van der Waals surface area (Å²) in [4.78, 5) is 18.5. The third kappa shape index (κ3) is 3.18. The summed E-state index contributed by atoms with van der Waals surface area (Å²) in [5.74, 6) is 2.15. The topological polar surface area (TPSA) is 85.3 Å². The first-order valence-corrected chi connectivity index (χ1v) is 7.65. The minimum Gasteiger partial charge on any atom is -0.361 e. The Labute approximate surface area is 128 Å². The second-order valence-corrected chi connectivity index (χ2v) is 5.70. The van der Waals surface area contributed by atoms with E-state index in [0.29, 0.717) is 31.0 Å². The van der Waals surface area contributed by atoms with E-state index in [4.69, 9.17) is 9.05 Å². The second-order valence-electron chi connectivity index (χ2n) is 5.70. The van der Waals surface area contributed by atoms with Gasteiger partial charge in [0.2, 0.25) is 11.8 Å². The molecular formula is C15H20N4O3. The lowest BCUT2D eigenvalue weighted by molar-refractivity contribution is -0.132. The molecular weight excluding hydrogens is 284 g/mol. The molecule has 1 atom stereocenters. The van der Waals surface area contributed by atoms with Gasteiger partial charge in [-0.15, -0.1) is 0 Å². The highest BCUT2D eigenvalue weighted by molar-refractivity contribution is 5.77. The van der Waals surface area contributed by atoms with Crippen LogP contribution in [-0.4, -0.2) is 32.6 Å². The first-order valence-electron chi connectivity index (χ1n) is 7.65. The van der Waals surface area contributed by atoms with E-state index in [-0.39, 0.29) is 11.9 Å². The zero-order valence-electron chi connectivity index (χ0n) is 12.9. The number of likely N-dealkylation sites (tertiary alicyclic amines) is 1. The van der Waals surface area contributed by atoms with E-state index in [9.17, 15) is 4.79 Å². The maximum atomic E-state index is 12.4. The Balaban J connectivity index is 1.54. The van der Waals surface area contributed by atoms with Gasteiger partial charge in [-0.2, -0.15) is 4.98 Å².